The van der Waals surface area contributed by atoms with Crippen LogP contribution in [0.4, 0.5) is 5.69 Å². The molecule has 0 saturated heterocycles. The zero-order chi connectivity index (χ0) is 8.43. The van der Waals surface area contributed by atoms with Gasteiger partial charge in [0, 0.05) is 20.3 Å². The molecule has 0 amide bonds. The molecule has 1 aromatic heterocycles. The molecule has 1 heterocycles. The van der Waals surface area contributed by atoms with Crippen LogP contribution in [0.1, 0.15) is 0 Å². The summed E-state index contributed by atoms with van der Waals surface area (Å²) >= 11 is 9.88. The zero-order valence-electron chi connectivity index (χ0n) is 6.34. The van der Waals surface area contributed by atoms with Crippen molar-refractivity contribution in [2.75, 3.05) is 19.0 Å². The molecule has 0 bridgehead atoms. The third-order valence-corrected chi connectivity index (χ3v) is 1.81. The van der Waals surface area contributed by atoms with E-state index in [1.54, 1.807) is 6.20 Å². The predicted octanol–water partition coefficient (Wildman–Crippen LogP) is 1.87. The molecule has 1 aromatic rings. The van der Waals surface area contributed by atoms with E-state index in [1.165, 1.54) is 0 Å². The molecule has 0 radical (unpaired) electrons. The molecule has 60 valence electrons. The molecular formula is C6H9N3S2. The van der Waals surface area contributed by atoms with Gasteiger partial charge in [-0.2, -0.15) is 0 Å². The first-order chi connectivity index (χ1) is 5.11. The number of nitrogens with one attached hydrogen (secondary N) is 2. The number of nitrogens with zero attached hydrogens (tertiary/aromatic N) is 1. The Morgan fingerprint density at radius 2 is 2.00 bits per heavy atom. The van der Waals surface area contributed by atoms with E-state index in [0.717, 1.165) is 5.69 Å². The molecule has 0 aliphatic carbocycles. The molecule has 0 aromatic carbocycles. The Bertz CT molecular complexity index is 349. The first kappa shape index (κ1) is 8.42. The molecule has 0 atom stereocenters. The Hall–Kier alpha value is -0.680. The predicted molar refractivity (Wildman–Crippen MR) is 51.1 cm³/mol. The molecule has 0 aliphatic rings. The maximum absolute atomic E-state index is 5.03. The van der Waals surface area contributed by atoms with Gasteiger partial charge in [0.1, 0.15) is 4.64 Å². The van der Waals surface area contributed by atoms with Crippen LogP contribution >= 0.6 is 24.4 Å². The minimum Gasteiger partial charge on any atom is -0.374 e. The Morgan fingerprint density at radius 3 is 2.45 bits per heavy atom. The molecule has 2 N–H and O–H groups in total. The summed E-state index contributed by atoms with van der Waals surface area (Å²) in [5.74, 6) is 0. The topological polar surface area (TPSA) is 34.8 Å². The molecule has 3 nitrogen and oxygen atoms in total. The second-order valence-electron chi connectivity index (χ2n) is 2.35. The summed E-state index contributed by atoms with van der Waals surface area (Å²) in [5.41, 5.74) is 0.939. The van der Waals surface area contributed by atoms with Crippen LogP contribution in [-0.2, 0) is 0 Å². The van der Waals surface area contributed by atoms with Crippen molar-refractivity contribution in [1.82, 2.24) is 9.97 Å². The second kappa shape index (κ2) is 3.15. The Balaban J connectivity index is 3.32. The van der Waals surface area contributed by atoms with Gasteiger partial charge >= 0.3 is 0 Å². The number of H-pyrrole nitrogens is 2. The smallest absolute Gasteiger partial charge is 0.175 e. The van der Waals surface area contributed by atoms with E-state index in [0.29, 0.717) is 9.41 Å². The summed E-state index contributed by atoms with van der Waals surface area (Å²) in [4.78, 5) is 7.65. The van der Waals surface area contributed by atoms with E-state index in [2.05, 4.69) is 9.97 Å². The SMILES string of the molecule is CN(C)c1c[nH]c(=S)[nH]c1=S. The maximum atomic E-state index is 5.03. The monoisotopic (exact) mass is 187 g/mol. The summed E-state index contributed by atoms with van der Waals surface area (Å²) in [7, 11) is 3.85. The number of aromatic nitrogens is 2. The molecule has 0 fully saturated rings. The van der Waals surface area contributed by atoms with Crippen LogP contribution in [0.2, 0.25) is 0 Å². The summed E-state index contributed by atoms with van der Waals surface area (Å²) in [6.07, 6.45) is 1.79. The lowest BCUT2D eigenvalue weighted by Crippen LogP contribution is -2.10. The van der Waals surface area contributed by atoms with Crippen molar-refractivity contribution < 1.29 is 0 Å². The minimum atomic E-state index is 0.556. The molecule has 0 aliphatic heterocycles. The van der Waals surface area contributed by atoms with Crippen LogP contribution in [0.3, 0.4) is 0 Å². The fourth-order valence-corrected chi connectivity index (χ4v) is 1.30. The lowest BCUT2D eigenvalue weighted by molar-refractivity contribution is 1.04. The van der Waals surface area contributed by atoms with E-state index >= 15 is 0 Å². The fourth-order valence-electron chi connectivity index (χ4n) is 0.735. The summed E-state index contributed by atoms with van der Waals surface area (Å²) in [6, 6.07) is 0. The first-order valence-electron chi connectivity index (χ1n) is 3.10. The van der Waals surface area contributed by atoms with Crippen molar-refractivity contribution in [2.24, 2.45) is 0 Å². The van der Waals surface area contributed by atoms with E-state index in [9.17, 15) is 0 Å². The number of hydrogen-bond acceptors (Lipinski definition) is 3. The van der Waals surface area contributed by atoms with Crippen LogP contribution in [0.15, 0.2) is 6.20 Å². The highest BCUT2D eigenvalue weighted by molar-refractivity contribution is 7.72. The lowest BCUT2D eigenvalue weighted by atomic mass is 10.5. The highest BCUT2D eigenvalue weighted by Gasteiger charge is 1.95. The molecule has 11 heavy (non-hydrogen) atoms. The van der Waals surface area contributed by atoms with Gasteiger partial charge in [-0.05, 0) is 12.2 Å². The van der Waals surface area contributed by atoms with Crippen molar-refractivity contribution in [3.05, 3.63) is 15.6 Å². The van der Waals surface area contributed by atoms with Gasteiger partial charge < -0.3 is 14.9 Å². The van der Waals surface area contributed by atoms with Gasteiger partial charge in [-0.3, -0.25) is 0 Å². The van der Waals surface area contributed by atoms with Crippen molar-refractivity contribution in [2.45, 2.75) is 0 Å². The molecule has 0 unspecified atom stereocenters. The van der Waals surface area contributed by atoms with E-state index in [4.69, 9.17) is 24.4 Å². The average Bonchev–Trinajstić information content (AvgIpc) is 1.85. The largest absolute Gasteiger partial charge is 0.374 e. The van der Waals surface area contributed by atoms with Crippen molar-refractivity contribution in [3.63, 3.8) is 0 Å². The third kappa shape index (κ3) is 1.87. The maximum Gasteiger partial charge on any atom is 0.175 e. The number of aromatic amines is 2. The molecule has 1 rings (SSSR count). The Labute approximate surface area is 75.1 Å². The summed E-state index contributed by atoms with van der Waals surface area (Å²) < 4.78 is 1.22. The standard InChI is InChI=1S/C6H9N3S2/c1-9(2)4-3-7-6(11)8-5(4)10/h3H,1-2H3,(H2,7,8,10,11). The van der Waals surface area contributed by atoms with Crippen LogP contribution in [0.25, 0.3) is 0 Å². The lowest BCUT2D eigenvalue weighted by Gasteiger charge is -2.10. The summed E-state index contributed by atoms with van der Waals surface area (Å²) in [6.45, 7) is 0. The van der Waals surface area contributed by atoms with Crippen LogP contribution in [-0.4, -0.2) is 24.1 Å². The number of anilines is 1. The quantitative estimate of drug-likeness (QED) is 0.659. The molecular weight excluding hydrogens is 178 g/mol. The van der Waals surface area contributed by atoms with Gasteiger partial charge in [-0.1, -0.05) is 12.2 Å². The molecule has 0 spiro atoms. The number of hydrogen-bond donors (Lipinski definition) is 2. The van der Waals surface area contributed by atoms with Gasteiger partial charge in [0.05, 0.1) is 5.69 Å². The van der Waals surface area contributed by atoms with Crippen molar-refractivity contribution >= 4 is 30.1 Å². The summed E-state index contributed by atoms with van der Waals surface area (Å²) in [5, 5.41) is 0. The van der Waals surface area contributed by atoms with Gasteiger partial charge in [0.2, 0.25) is 0 Å². The van der Waals surface area contributed by atoms with E-state index in [-0.39, 0.29) is 0 Å². The normalized spacial score (nSPS) is 9.64. The second-order valence-corrected chi connectivity index (χ2v) is 3.17. The van der Waals surface area contributed by atoms with Gasteiger partial charge in [0.25, 0.3) is 0 Å². The average molecular weight is 187 g/mol. The highest BCUT2D eigenvalue weighted by atomic mass is 32.1. The fraction of sp³-hybridized carbons (Fsp3) is 0.333. The Kier molecular flexibility index (Phi) is 2.41. The van der Waals surface area contributed by atoms with Crippen LogP contribution in [0, 0.1) is 9.41 Å². The van der Waals surface area contributed by atoms with Crippen LogP contribution in [0.5, 0.6) is 0 Å². The van der Waals surface area contributed by atoms with Crippen molar-refractivity contribution in [1.29, 1.82) is 0 Å². The molecule has 0 saturated carbocycles. The van der Waals surface area contributed by atoms with Gasteiger partial charge in [-0.15, -0.1) is 0 Å². The molecule has 5 heteroatoms. The van der Waals surface area contributed by atoms with E-state index < -0.39 is 0 Å². The zero-order valence-corrected chi connectivity index (χ0v) is 7.97. The highest BCUT2D eigenvalue weighted by Crippen LogP contribution is 2.07. The van der Waals surface area contributed by atoms with E-state index in [1.807, 2.05) is 19.0 Å². The Morgan fingerprint density at radius 1 is 1.36 bits per heavy atom. The van der Waals surface area contributed by atoms with Gasteiger partial charge in [0.15, 0.2) is 4.77 Å². The number of rotatable bonds is 1. The van der Waals surface area contributed by atoms with Crippen LogP contribution < -0.4 is 4.90 Å². The third-order valence-electron chi connectivity index (χ3n) is 1.28. The van der Waals surface area contributed by atoms with Crippen molar-refractivity contribution in [3.8, 4) is 0 Å². The first-order valence-corrected chi connectivity index (χ1v) is 3.92. The minimum absolute atomic E-state index is 0.556. The van der Waals surface area contributed by atoms with Gasteiger partial charge in [-0.25, -0.2) is 0 Å².